The molecule has 0 atom stereocenters. The van der Waals surface area contributed by atoms with Crippen molar-refractivity contribution in [2.24, 2.45) is 0 Å². The van der Waals surface area contributed by atoms with E-state index < -0.39 is 0 Å². The number of aromatic nitrogens is 2. The smallest absolute Gasteiger partial charge is 0.263 e. The molecule has 2 bridgehead atoms. The molecule has 0 unspecified atom stereocenters. The van der Waals surface area contributed by atoms with Crippen LogP contribution in [0.15, 0.2) is 47.4 Å². The van der Waals surface area contributed by atoms with Gasteiger partial charge >= 0.3 is 0 Å². The standard InChI is InChI=1S/C21H17ClFN5O2/c22-13-8-15-20(25-10-13)27-11-28(21(15)30)18-3-4-19(29)26-16(18)5-6-24-9-12-7-14(23)1-2-17(12)27/h1-4,7-8,10,24H,5-6,9,11H2,(H,26,29). The highest BCUT2D eigenvalue weighted by Crippen LogP contribution is 2.37. The lowest BCUT2D eigenvalue weighted by Gasteiger charge is -2.38. The van der Waals surface area contributed by atoms with Crippen LogP contribution in [0.4, 0.5) is 21.6 Å². The number of nitrogens with zero attached hydrogens (tertiary/aromatic N) is 3. The van der Waals surface area contributed by atoms with Gasteiger partial charge in [-0.15, -0.1) is 0 Å². The van der Waals surface area contributed by atoms with Crippen molar-refractivity contribution >= 4 is 34.7 Å². The molecule has 5 rings (SSSR count). The minimum Gasteiger partial charge on any atom is -0.324 e. The number of nitrogens with one attached hydrogen (secondary N) is 2. The molecule has 9 heteroatoms. The topological polar surface area (TPSA) is 81.3 Å². The van der Waals surface area contributed by atoms with Gasteiger partial charge in [-0.25, -0.2) is 9.37 Å². The van der Waals surface area contributed by atoms with Gasteiger partial charge in [0.25, 0.3) is 5.91 Å². The molecule has 0 saturated heterocycles. The van der Waals surface area contributed by atoms with Gasteiger partial charge in [0.1, 0.15) is 18.3 Å². The van der Waals surface area contributed by atoms with Gasteiger partial charge in [0, 0.05) is 43.2 Å². The van der Waals surface area contributed by atoms with Crippen LogP contribution in [0.25, 0.3) is 0 Å². The van der Waals surface area contributed by atoms with Crippen LogP contribution in [0.5, 0.6) is 0 Å². The van der Waals surface area contributed by atoms with Crippen LogP contribution in [0.1, 0.15) is 21.6 Å². The quantitative estimate of drug-likeness (QED) is 0.578. The maximum Gasteiger partial charge on any atom is 0.263 e. The number of aromatic amines is 1. The monoisotopic (exact) mass is 425 g/mol. The van der Waals surface area contributed by atoms with Crippen molar-refractivity contribution in [2.45, 2.75) is 13.0 Å². The van der Waals surface area contributed by atoms with Crippen LogP contribution in [0.3, 0.4) is 0 Å². The summed E-state index contributed by atoms with van der Waals surface area (Å²) < 4.78 is 14.0. The summed E-state index contributed by atoms with van der Waals surface area (Å²) in [5, 5.41) is 3.63. The molecule has 3 aromatic rings. The average Bonchev–Trinajstić information content (AvgIpc) is 2.75. The molecule has 0 radical (unpaired) electrons. The van der Waals surface area contributed by atoms with Gasteiger partial charge in [-0.2, -0.15) is 0 Å². The van der Waals surface area contributed by atoms with Crippen LogP contribution in [0.2, 0.25) is 5.02 Å². The molecule has 0 aliphatic carbocycles. The van der Waals surface area contributed by atoms with Gasteiger partial charge in [0.15, 0.2) is 0 Å². The number of H-pyrrole nitrogens is 1. The number of amides is 1. The summed E-state index contributed by atoms with van der Waals surface area (Å²) in [5.74, 6) is -0.147. The summed E-state index contributed by atoms with van der Waals surface area (Å²) in [6.07, 6.45) is 1.99. The minimum absolute atomic E-state index is 0.165. The third-order valence-corrected chi connectivity index (χ3v) is 5.52. The van der Waals surface area contributed by atoms with E-state index in [1.807, 2.05) is 4.90 Å². The molecule has 2 N–H and O–H groups in total. The lowest BCUT2D eigenvalue weighted by Crippen LogP contribution is -2.46. The molecule has 0 saturated carbocycles. The second-order valence-electron chi connectivity index (χ2n) is 7.21. The fourth-order valence-corrected chi connectivity index (χ4v) is 4.10. The van der Waals surface area contributed by atoms with Crippen molar-refractivity contribution in [3.63, 3.8) is 0 Å². The maximum atomic E-state index is 14.0. The Morgan fingerprint density at radius 2 is 1.90 bits per heavy atom. The normalized spacial score (nSPS) is 15.7. The van der Waals surface area contributed by atoms with Crippen molar-refractivity contribution < 1.29 is 9.18 Å². The Balaban J connectivity index is 1.76. The Hall–Kier alpha value is -3.23. The zero-order valence-corrected chi connectivity index (χ0v) is 16.5. The molecule has 2 aliphatic rings. The van der Waals surface area contributed by atoms with Crippen molar-refractivity contribution in [3.8, 4) is 0 Å². The SMILES string of the molecule is O=C1c2cc(Cl)cnc2N2CN1c1ccc(=O)[nH]c1CCNCc1cc(F)ccc12. The van der Waals surface area contributed by atoms with Gasteiger partial charge in [-0.1, -0.05) is 11.6 Å². The number of pyridine rings is 2. The first-order valence-corrected chi connectivity index (χ1v) is 9.85. The fraction of sp³-hybridized carbons (Fsp3) is 0.190. The minimum atomic E-state index is -0.340. The Morgan fingerprint density at radius 3 is 2.77 bits per heavy atom. The van der Waals surface area contributed by atoms with Gasteiger partial charge in [-0.05, 0) is 35.9 Å². The molecule has 7 nitrogen and oxygen atoms in total. The van der Waals surface area contributed by atoms with E-state index in [2.05, 4.69) is 15.3 Å². The zero-order valence-electron chi connectivity index (χ0n) is 15.8. The van der Waals surface area contributed by atoms with Crippen LogP contribution in [0, 0.1) is 5.82 Å². The number of rotatable bonds is 0. The Kier molecular flexibility index (Phi) is 4.52. The lowest BCUT2D eigenvalue weighted by molar-refractivity contribution is 0.0982. The summed E-state index contributed by atoms with van der Waals surface area (Å²) >= 11 is 6.14. The van der Waals surface area contributed by atoms with E-state index in [0.29, 0.717) is 47.3 Å². The summed E-state index contributed by atoms with van der Waals surface area (Å²) in [7, 11) is 0. The number of carbonyl (C=O) groups excluding carboxylic acids is 1. The number of anilines is 3. The zero-order chi connectivity index (χ0) is 20.8. The first-order valence-electron chi connectivity index (χ1n) is 9.47. The molecule has 0 fully saturated rings. The summed E-state index contributed by atoms with van der Waals surface area (Å²) in [4.78, 5) is 36.0. The molecular weight excluding hydrogens is 409 g/mol. The van der Waals surface area contributed by atoms with Crippen LogP contribution in [-0.4, -0.2) is 29.1 Å². The number of fused-ring (bicyclic) bond motifs is 8. The molecule has 2 aliphatic heterocycles. The fourth-order valence-electron chi connectivity index (χ4n) is 3.95. The number of benzene rings is 1. The van der Waals surface area contributed by atoms with Crippen LogP contribution >= 0.6 is 11.6 Å². The van der Waals surface area contributed by atoms with Crippen molar-refractivity contribution in [2.75, 3.05) is 23.0 Å². The molecule has 30 heavy (non-hydrogen) atoms. The number of carbonyl (C=O) groups is 1. The first-order chi connectivity index (χ1) is 14.5. The summed E-state index contributed by atoms with van der Waals surface area (Å²) in [6.45, 7) is 1.13. The third-order valence-electron chi connectivity index (χ3n) is 5.31. The summed E-state index contributed by atoms with van der Waals surface area (Å²) in [5.41, 5.74) is 2.85. The molecule has 1 amide bonds. The molecule has 2 aromatic heterocycles. The average molecular weight is 426 g/mol. The van der Waals surface area contributed by atoms with Gasteiger partial charge in [-0.3, -0.25) is 14.5 Å². The highest BCUT2D eigenvalue weighted by atomic mass is 35.5. The van der Waals surface area contributed by atoms with E-state index in [0.717, 1.165) is 11.3 Å². The highest BCUT2D eigenvalue weighted by Gasteiger charge is 2.34. The number of hydrogen-bond acceptors (Lipinski definition) is 5. The van der Waals surface area contributed by atoms with E-state index in [1.165, 1.54) is 24.4 Å². The first kappa shape index (κ1) is 18.8. The van der Waals surface area contributed by atoms with Crippen molar-refractivity contribution in [1.82, 2.24) is 15.3 Å². The van der Waals surface area contributed by atoms with E-state index in [-0.39, 0.29) is 24.0 Å². The molecular formula is C21H17ClFN5O2. The second-order valence-corrected chi connectivity index (χ2v) is 7.65. The van der Waals surface area contributed by atoms with Crippen molar-refractivity contribution in [3.05, 3.63) is 80.6 Å². The van der Waals surface area contributed by atoms with E-state index >= 15 is 0 Å². The van der Waals surface area contributed by atoms with Gasteiger partial charge < -0.3 is 15.2 Å². The van der Waals surface area contributed by atoms with E-state index in [9.17, 15) is 14.0 Å². The molecule has 1 aromatic carbocycles. The Labute approximate surface area is 176 Å². The van der Waals surface area contributed by atoms with Gasteiger partial charge in [0.2, 0.25) is 5.56 Å². The maximum absolute atomic E-state index is 14.0. The highest BCUT2D eigenvalue weighted by molar-refractivity contribution is 6.31. The van der Waals surface area contributed by atoms with Gasteiger partial charge in [0.05, 0.1) is 16.3 Å². The second kappa shape index (κ2) is 7.23. The van der Waals surface area contributed by atoms with E-state index in [4.69, 9.17) is 11.6 Å². The summed E-state index contributed by atoms with van der Waals surface area (Å²) in [6, 6.07) is 9.19. The van der Waals surface area contributed by atoms with Crippen molar-refractivity contribution in [1.29, 1.82) is 0 Å². The van der Waals surface area contributed by atoms with Crippen LogP contribution in [-0.2, 0) is 13.0 Å². The third kappa shape index (κ3) is 3.14. The molecule has 0 spiro atoms. The predicted molar refractivity (Wildman–Crippen MR) is 112 cm³/mol. The predicted octanol–water partition coefficient (Wildman–Crippen LogP) is 2.96. The number of hydrogen-bond donors (Lipinski definition) is 2. The van der Waals surface area contributed by atoms with Crippen LogP contribution < -0.4 is 20.7 Å². The Morgan fingerprint density at radius 1 is 1.07 bits per heavy atom. The number of halogens is 2. The van der Waals surface area contributed by atoms with E-state index in [1.54, 1.807) is 23.1 Å². The Bertz CT molecular complexity index is 1230. The largest absolute Gasteiger partial charge is 0.324 e. The molecule has 152 valence electrons. The lowest BCUT2D eigenvalue weighted by atomic mass is 10.1. The molecule has 4 heterocycles.